The van der Waals surface area contributed by atoms with E-state index in [9.17, 15) is 23.1 Å². The van der Waals surface area contributed by atoms with Crippen LogP contribution in [0.1, 0.15) is 43.8 Å². The van der Waals surface area contributed by atoms with Gasteiger partial charge in [-0.15, -0.1) is 0 Å². The number of carbonyl (C=O) groups is 2. The average Bonchev–Trinajstić information content (AvgIpc) is 3.45. The van der Waals surface area contributed by atoms with Gasteiger partial charge in [-0.25, -0.2) is 13.2 Å². The molecule has 1 aliphatic carbocycles. The van der Waals surface area contributed by atoms with Crippen LogP contribution < -0.4 is 9.62 Å². The minimum atomic E-state index is -3.99. The van der Waals surface area contributed by atoms with E-state index in [0.29, 0.717) is 36.2 Å². The fourth-order valence-electron chi connectivity index (χ4n) is 4.62. The summed E-state index contributed by atoms with van der Waals surface area (Å²) in [6.45, 7) is 0.609. The van der Waals surface area contributed by atoms with Crippen LogP contribution in [0.15, 0.2) is 65.6 Å². The van der Waals surface area contributed by atoms with Gasteiger partial charge in [0, 0.05) is 23.5 Å². The summed E-state index contributed by atoms with van der Waals surface area (Å²) in [5, 5.41) is 9.38. The van der Waals surface area contributed by atoms with Crippen LogP contribution in [0, 0.1) is 0 Å². The lowest BCUT2D eigenvalue weighted by atomic mass is 10.1. The van der Waals surface area contributed by atoms with Crippen molar-refractivity contribution >= 4 is 33.3 Å². The largest absolute Gasteiger partial charge is 0.478 e. The number of aromatic carboxylic acids is 1. The molecule has 33 heavy (non-hydrogen) atoms. The summed E-state index contributed by atoms with van der Waals surface area (Å²) >= 11 is 0. The number of rotatable bonds is 5. The molecule has 7 nitrogen and oxygen atoms in total. The molecular weight excluding hydrogens is 440 g/mol. The highest BCUT2D eigenvalue weighted by molar-refractivity contribution is 7.92. The van der Waals surface area contributed by atoms with E-state index in [1.54, 1.807) is 35.2 Å². The molecule has 0 unspecified atom stereocenters. The van der Waals surface area contributed by atoms with Crippen LogP contribution >= 0.6 is 0 Å². The SMILES string of the molecule is O=C(O)c1cc2c(c(S(=O)(=O)Nc3ccc(C(=O)N4CCc5ccccc54)cc3)c1)CCC2. The van der Waals surface area contributed by atoms with Crippen molar-refractivity contribution < 1.29 is 23.1 Å². The molecule has 2 aliphatic rings. The van der Waals surface area contributed by atoms with E-state index in [1.165, 1.54) is 6.07 Å². The number of benzene rings is 3. The zero-order valence-electron chi connectivity index (χ0n) is 17.7. The lowest BCUT2D eigenvalue weighted by Gasteiger charge is -2.18. The third-order valence-corrected chi connectivity index (χ3v) is 7.67. The van der Waals surface area contributed by atoms with Crippen LogP contribution in [0.4, 0.5) is 11.4 Å². The van der Waals surface area contributed by atoms with Gasteiger partial charge in [-0.3, -0.25) is 9.52 Å². The number of aryl methyl sites for hydroxylation is 1. The Hall–Kier alpha value is -3.65. The van der Waals surface area contributed by atoms with Crippen LogP contribution in [-0.4, -0.2) is 31.9 Å². The van der Waals surface area contributed by atoms with Crippen LogP contribution in [0.2, 0.25) is 0 Å². The second kappa shape index (κ2) is 8.04. The summed E-state index contributed by atoms with van der Waals surface area (Å²) in [4.78, 5) is 26.2. The number of amides is 1. The number of hydrogen-bond acceptors (Lipinski definition) is 4. The number of carbonyl (C=O) groups excluding carboxylic acids is 1. The highest BCUT2D eigenvalue weighted by Crippen LogP contribution is 2.32. The number of carboxylic acids is 1. The summed E-state index contributed by atoms with van der Waals surface area (Å²) in [6.07, 6.45) is 2.85. The maximum absolute atomic E-state index is 13.1. The third kappa shape index (κ3) is 3.87. The van der Waals surface area contributed by atoms with Crippen LogP contribution in [-0.2, 0) is 29.3 Å². The molecular formula is C25H22N2O5S. The van der Waals surface area contributed by atoms with Gasteiger partial charge in [0.05, 0.1) is 10.5 Å². The predicted molar refractivity (Wildman–Crippen MR) is 124 cm³/mol. The average molecular weight is 463 g/mol. The number of fused-ring (bicyclic) bond motifs is 2. The summed E-state index contributed by atoms with van der Waals surface area (Å²) in [6, 6.07) is 16.9. The summed E-state index contributed by atoms with van der Waals surface area (Å²) in [5.74, 6) is -1.30. The minimum Gasteiger partial charge on any atom is -0.478 e. The van der Waals surface area contributed by atoms with Gasteiger partial charge >= 0.3 is 5.97 Å². The van der Waals surface area contributed by atoms with Crippen LogP contribution in [0.5, 0.6) is 0 Å². The van der Waals surface area contributed by atoms with Crippen LogP contribution in [0.25, 0.3) is 0 Å². The lowest BCUT2D eigenvalue weighted by molar-refractivity contribution is 0.0696. The number of anilines is 2. The monoisotopic (exact) mass is 462 g/mol. The molecule has 0 bridgehead atoms. The Morgan fingerprint density at radius 3 is 2.39 bits per heavy atom. The number of hydrogen-bond donors (Lipinski definition) is 2. The van der Waals surface area contributed by atoms with Crippen molar-refractivity contribution in [3.8, 4) is 0 Å². The second-order valence-corrected chi connectivity index (χ2v) is 9.94. The van der Waals surface area contributed by atoms with Crippen molar-refractivity contribution in [3.05, 3.63) is 88.5 Å². The number of nitrogens with one attached hydrogen (secondary N) is 1. The predicted octanol–water partition coefficient (Wildman–Crippen LogP) is 3.88. The molecule has 168 valence electrons. The second-order valence-electron chi connectivity index (χ2n) is 8.29. The van der Waals surface area contributed by atoms with Gasteiger partial charge in [0.15, 0.2) is 0 Å². The molecule has 1 heterocycles. The van der Waals surface area contributed by atoms with Crippen molar-refractivity contribution in [3.63, 3.8) is 0 Å². The van der Waals surface area contributed by atoms with E-state index in [1.807, 2.05) is 24.3 Å². The number of carboxylic acid groups (broad SMARTS) is 1. The molecule has 0 saturated heterocycles. The van der Waals surface area contributed by atoms with E-state index < -0.39 is 16.0 Å². The van der Waals surface area contributed by atoms with Gasteiger partial charge in [-0.2, -0.15) is 0 Å². The number of para-hydroxylation sites is 1. The summed E-state index contributed by atoms with van der Waals surface area (Å²) < 4.78 is 28.8. The first kappa shape index (κ1) is 21.2. The number of sulfonamides is 1. The highest BCUT2D eigenvalue weighted by Gasteiger charge is 2.27. The maximum atomic E-state index is 13.1. The summed E-state index contributed by atoms with van der Waals surface area (Å²) in [5.41, 5.74) is 4.20. The molecule has 0 spiro atoms. The Labute approximate surface area is 191 Å². The molecule has 5 rings (SSSR count). The quantitative estimate of drug-likeness (QED) is 0.599. The minimum absolute atomic E-state index is 0.00345. The molecule has 0 fully saturated rings. The third-order valence-electron chi connectivity index (χ3n) is 6.23. The standard InChI is InChI=1S/C25H22N2O5S/c28-24(27-13-12-16-4-1-2-7-22(16)27)17-8-10-20(11-9-17)26-33(31,32)23-15-19(25(29)30)14-18-5-3-6-21(18)23/h1-2,4,7-11,14-15,26H,3,5-6,12-13H2,(H,29,30). The van der Waals surface area contributed by atoms with Crippen molar-refractivity contribution in [2.75, 3.05) is 16.2 Å². The first-order valence-corrected chi connectivity index (χ1v) is 12.2. The Balaban J connectivity index is 1.39. The Morgan fingerprint density at radius 2 is 1.64 bits per heavy atom. The molecule has 8 heteroatoms. The number of nitrogens with zero attached hydrogens (tertiary/aromatic N) is 1. The highest BCUT2D eigenvalue weighted by atomic mass is 32.2. The van der Waals surface area contributed by atoms with E-state index in [-0.39, 0.29) is 16.4 Å². The van der Waals surface area contributed by atoms with E-state index >= 15 is 0 Å². The molecule has 1 amide bonds. The molecule has 1 aliphatic heterocycles. The van der Waals surface area contributed by atoms with Crippen LogP contribution in [0.3, 0.4) is 0 Å². The Bertz CT molecular complexity index is 1380. The molecule has 0 atom stereocenters. The van der Waals surface area contributed by atoms with Crippen molar-refractivity contribution in [2.45, 2.75) is 30.6 Å². The zero-order chi connectivity index (χ0) is 23.2. The van der Waals surface area contributed by atoms with Gasteiger partial charge in [-0.1, -0.05) is 18.2 Å². The fourth-order valence-corrected chi connectivity index (χ4v) is 6.02. The molecule has 3 aromatic rings. The van der Waals surface area contributed by atoms with Gasteiger partial charge in [0.2, 0.25) is 0 Å². The molecule has 0 radical (unpaired) electrons. The van der Waals surface area contributed by atoms with E-state index in [2.05, 4.69) is 4.72 Å². The summed E-state index contributed by atoms with van der Waals surface area (Å²) in [7, 11) is -3.99. The Morgan fingerprint density at radius 1 is 0.879 bits per heavy atom. The normalized spacial score (nSPS) is 14.6. The molecule has 2 N–H and O–H groups in total. The lowest BCUT2D eigenvalue weighted by Crippen LogP contribution is -2.28. The first-order chi connectivity index (χ1) is 15.8. The van der Waals surface area contributed by atoms with Crippen molar-refractivity contribution in [1.82, 2.24) is 0 Å². The zero-order valence-corrected chi connectivity index (χ0v) is 18.6. The smallest absolute Gasteiger partial charge is 0.335 e. The fraction of sp³-hybridized carbons (Fsp3) is 0.200. The van der Waals surface area contributed by atoms with Gasteiger partial charge in [0.25, 0.3) is 15.9 Å². The van der Waals surface area contributed by atoms with E-state index in [0.717, 1.165) is 29.7 Å². The van der Waals surface area contributed by atoms with Gasteiger partial charge in [-0.05, 0) is 84.8 Å². The first-order valence-electron chi connectivity index (χ1n) is 10.8. The van der Waals surface area contributed by atoms with Crippen molar-refractivity contribution in [2.24, 2.45) is 0 Å². The van der Waals surface area contributed by atoms with Crippen molar-refractivity contribution in [1.29, 1.82) is 0 Å². The molecule has 3 aromatic carbocycles. The van der Waals surface area contributed by atoms with Gasteiger partial charge in [0.1, 0.15) is 0 Å². The Kier molecular flexibility index (Phi) is 5.17. The molecule has 0 saturated carbocycles. The van der Waals surface area contributed by atoms with Gasteiger partial charge < -0.3 is 10.0 Å². The molecule has 0 aromatic heterocycles. The maximum Gasteiger partial charge on any atom is 0.335 e. The van der Waals surface area contributed by atoms with E-state index in [4.69, 9.17) is 0 Å². The topological polar surface area (TPSA) is 104 Å².